The third-order valence-corrected chi connectivity index (χ3v) is 4.50. The molecule has 2 aromatic rings. The van der Waals surface area contributed by atoms with Gasteiger partial charge in [-0.3, -0.25) is 14.2 Å². The third kappa shape index (κ3) is 3.77. The fourth-order valence-corrected chi connectivity index (χ4v) is 3.21. The van der Waals surface area contributed by atoms with Gasteiger partial charge in [0, 0.05) is 12.6 Å². The van der Waals surface area contributed by atoms with Gasteiger partial charge in [0.15, 0.2) is 0 Å². The number of aryl methyl sites for hydroxylation is 1. The number of hydrogen-bond acceptors (Lipinski definition) is 6. The van der Waals surface area contributed by atoms with Crippen molar-refractivity contribution in [2.24, 2.45) is 7.05 Å². The molecule has 0 aliphatic carbocycles. The Morgan fingerprint density at radius 3 is 2.62 bits per heavy atom. The average molecular weight is 355 g/mol. The number of carboxylic acid groups (broad SMARTS) is 1. The molecule has 0 atom stereocenters. The fourth-order valence-electron chi connectivity index (χ4n) is 2.12. The summed E-state index contributed by atoms with van der Waals surface area (Å²) in [5.74, 6) is -0.666. The SMILES string of the molecule is COc1ccc(S(=O)(=O)Nc2cn(C)nc2OC)cc1CC(=O)O. The second-order valence-electron chi connectivity index (χ2n) is 4.88. The highest BCUT2D eigenvalue weighted by Crippen LogP contribution is 2.27. The van der Waals surface area contributed by atoms with Crippen LogP contribution in [0, 0.1) is 0 Å². The molecule has 1 aromatic heterocycles. The lowest BCUT2D eigenvalue weighted by Gasteiger charge is -2.11. The number of ether oxygens (including phenoxy) is 2. The lowest BCUT2D eigenvalue weighted by Crippen LogP contribution is -2.14. The van der Waals surface area contributed by atoms with Crippen molar-refractivity contribution < 1.29 is 27.8 Å². The van der Waals surface area contributed by atoms with Gasteiger partial charge in [0.25, 0.3) is 15.9 Å². The first-order valence-electron chi connectivity index (χ1n) is 6.76. The molecule has 0 amide bonds. The molecule has 0 aliphatic rings. The van der Waals surface area contributed by atoms with Crippen molar-refractivity contribution in [3.05, 3.63) is 30.0 Å². The van der Waals surface area contributed by atoms with E-state index in [1.54, 1.807) is 7.05 Å². The molecule has 1 aromatic carbocycles. The van der Waals surface area contributed by atoms with E-state index in [-0.39, 0.29) is 28.4 Å². The van der Waals surface area contributed by atoms with Crippen molar-refractivity contribution in [3.63, 3.8) is 0 Å². The molecule has 1 heterocycles. The molecule has 2 N–H and O–H groups in total. The van der Waals surface area contributed by atoms with E-state index in [9.17, 15) is 13.2 Å². The lowest BCUT2D eigenvalue weighted by atomic mass is 10.1. The summed E-state index contributed by atoms with van der Waals surface area (Å²) in [6.45, 7) is 0. The number of carbonyl (C=O) groups is 1. The second-order valence-corrected chi connectivity index (χ2v) is 6.56. The van der Waals surface area contributed by atoms with Gasteiger partial charge in [-0.15, -0.1) is 5.10 Å². The van der Waals surface area contributed by atoms with E-state index in [1.165, 1.54) is 43.3 Å². The summed E-state index contributed by atoms with van der Waals surface area (Å²) in [5, 5.41) is 12.9. The van der Waals surface area contributed by atoms with Gasteiger partial charge in [-0.05, 0) is 18.2 Å². The van der Waals surface area contributed by atoms with Crippen LogP contribution in [0.2, 0.25) is 0 Å². The largest absolute Gasteiger partial charge is 0.496 e. The van der Waals surface area contributed by atoms with Gasteiger partial charge < -0.3 is 14.6 Å². The van der Waals surface area contributed by atoms with Crippen LogP contribution in [-0.4, -0.2) is 43.5 Å². The number of benzene rings is 1. The van der Waals surface area contributed by atoms with Gasteiger partial charge in [0.1, 0.15) is 11.4 Å². The van der Waals surface area contributed by atoms with Crippen molar-refractivity contribution in [2.75, 3.05) is 18.9 Å². The highest BCUT2D eigenvalue weighted by atomic mass is 32.2. The topological polar surface area (TPSA) is 120 Å². The summed E-state index contributed by atoms with van der Waals surface area (Å²) >= 11 is 0. The maximum absolute atomic E-state index is 12.5. The van der Waals surface area contributed by atoms with Gasteiger partial charge in [0.2, 0.25) is 0 Å². The number of anilines is 1. The van der Waals surface area contributed by atoms with E-state index in [0.717, 1.165) is 0 Å². The van der Waals surface area contributed by atoms with E-state index in [2.05, 4.69) is 9.82 Å². The molecule has 0 fully saturated rings. The minimum Gasteiger partial charge on any atom is -0.496 e. The Morgan fingerprint density at radius 2 is 2.04 bits per heavy atom. The number of nitrogens with one attached hydrogen (secondary N) is 1. The maximum Gasteiger partial charge on any atom is 0.307 e. The molecular weight excluding hydrogens is 338 g/mol. The zero-order valence-electron chi connectivity index (χ0n) is 13.3. The number of methoxy groups -OCH3 is 2. The Kier molecular flexibility index (Phi) is 4.98. The van der Waals surface area contributed by atoms with Gasteiger partial charge in [-0.2, -0.15) is 0 Å². The highest BCUT2D eigenvalue weighted by Gasteiger charge is 2.21. The smallest absolute Gasteiger partial charge is 0.307 e. The molecule has 2 rings (SSSR count). The van der Waals surface area contributed by atoms with E-state index in [1.807, 2.05) is 0 Å². The summed E-state index contributed by atoms with van der Waals surface area (Å²) < 4.78 is 38.9. The number of carboxylic acids is 1. The maximum atomic E-state index is 12.5. The van der Waals surface area contributed by atoms with Crippen LogP contribution in [0.5, 0.6) is 11.6 Å². The van der Waals surface area contributed by atoms with Crippen LogP contribution in [-0.2, 0) is 28.3 Å². The van der Waals surface area contributed by atoms with E-state index in [0.29, 0.717) is 5.75 Å². The number of aromatic nitrogens is 2. The first-order valence-corrected chi connectivity index (χ1v) is 8.24. The Labute approximate surface area is 138 Å². The molecule has 24 heavy (non-hydrogen) atoms. The van der Waals surface area contributed by atoms with E-state index >= 15 is 0 Å². The summed E-state index contributed by atoms with van der Waals surface area (Å²) in [6.07, 6.45) is 1.10. The summed E-state index contributed by atoms with van der Waals surface area (Å²) in [7, 11) is 0.432. The summed E-state index contributed by atoms with van der Waals surface area (Å²) in [6, 6.07) is 4.00. The quantitative estimate of drug-likeness (QED) is 0.756. The second kappa shape index (κ2) is 6.79. The number of sulfonamides is 1. The molecule has 9 nitrogen and oxygen atoms in total. The van der Waals surface area contributed by atoms with Crippen molar-refractivity contribution in [2.45, 2.75) is 11.3 Å². The Balaban J connectivity index is 2.40. The lowest BCUT2D eigenvalue weighted by molar-refractivity contribution is -0.136. The number of nitrogens with zero attached hydrogens (tertiary/aromatic N) is 2. The first-order chi connectivity index (χ1) is 11.3. The minimum atomic E-state index is -3.95. The van der Waals surface area contributed by atoms with Crippen LogP contribution in [0.1, 0.15) is 5.56 Å². The summed E-state index contributed by atoms with van der Waals surface area (Å²) in [4.78, 5) is 10.8. The van der Waals surface area contributed by atoms with Crippen LogP contribution in [0.4, 0.5) is 5.69 Å². The molecule has 0 saturated heterocycles. The van der Waals surface area contributed by atoms with Crippen molar-refractivity contribution >= 4 is 21.7 Å². The van der Waals surface area contributed by atoms with Gasteiger partial charge in [0.05, 0.1) is 31.7 Å². The first kappa shape index (κ1) is 17.6. The molecule has 10 heteroatoms. The van der Waals surface area contributed by atoms with Crippen molar-refractivity contribution in [1.82, 2.24) is 9.78 Å². The predicted octanol–water partition coefficient (Wildman–Crippen LogP) is 0.865. The molecule has 0 saturated carbocycles. The van der Waals surface area contributed by atoms with Gasteiger partial charge in [-0.1, -0.05) is 0 Å². The van der Waals surface area contributed by atoms with Crippen molar-refractivity contribution in [1.29, 1.82) is 0 Å². The molecular formula is C14H17N3O6S. The van der Waals surface area contributed by atoms with Crippen LogP contribution >= 0.6 is 0 Å². The zero-order valence-corrected chi connectivity index (χ0v) is 14.1. The molecule has 0 spiro atoms. The normalized spacial score (nSPS) is 11.1. The zero-order chi connectivity index (χ0) is 17.9. The third-order valence-electron chi connectivity index (χ3n) is 3.14. The molecule has 0 unspecified atom stereocenters. The Bertz CT molecular complexity index is 859. The van der Waals surface area contributed by atoms with Gasteiger partial charge in [-0.25, -0.2) is 8.42 Å². The Morgan fingerprint density at radius 1 is 1.33 bits per heavy atom. The van der Waals surface area contributed by atoms with Crippen LogP contribution in [0.25, 0.3) is 0 Å². The predicted molar refractivity (Wildman–Crippen MR) is 84.9 cm³/mol. The van der Waals surface area contributed by atoms with E-state index in [4.69, 9.17) is 14.6 Å². The number of aliphatic carboxylic acids is 1. The van der Waals surface area contributed by atoms with Gasteiger partial charge >= 0.3 is 5.97 Å². The Hall–Kier alpha value is -2.75. The molecule has 0 bridgehead atoms. The molecule has 0 radical (unpaired) electrons. The summed E-state index contributed by atoms with van der Waals surface area (Å²) in [5.41, 5.74) is 0.432. The number of hydrogen-bond donors (Lipinski definition) is 2. The van der Waals surface area contributed by atoms with Crippen LogP contribution in [0.3, 0.4) is 0 Å². The number of rotatable bonds is 7. The minimum absolute atomic E-state index is 0.0922. The highest BCUT2D eigenvalue weighted by molar-refractivity contribution is 7.92. The fraction of sp³-hybridized carbons (Fsp3) is 0.286. The molecule has 130 valence electrons. The van der Waals surface area contributed by atoms with E-state index < -0.39 is 16.0 Å². The van der Waals surface area contributed by atoms with Crippen LogP contribution in [0.15, 0.2) is 29.3 Å². The van der Waals surface area contributed by atoms with Crippen molar-refractivity contribution in [3.8, 4) is 11.6 Å². The van der Waals surface area contributed by atoms with Crippen LogP contribution < -0.4 is 14.2 Å². The molecule has 0 aliphatic heterocycles. The average Bonchev–Trinajstić information content (AvgIpc) is 2.85. The standard InChI is InChI=1S/C14H17N3O6S/c1-17-8-11(14(15-17)23-3)16-24(20,21)10-4-5-12(22-2)9(6-10)7-13(18)19/h4-6,8,16H,7H2,1-3H3,(H,18,19). The monoisotopic (exact) mass is 355 g/mol.